The normalized spacial score (nSPS) is 10.7. The number of esters is 2. The topological polar surface area (TPSA) is 61.8 Å². The number of ether oxygens (including phenoxy) is 3. The first-order valence-corrected chi connectivity index (χ1v) is 5.22. The molecular formula is C13H14O5. The molecule has 18 heavy (non-hydrogen) atoms. The molecule has 1 aromatic carbocycles. The Morgan fingerprint density at radius 2 is 1.78 bits per heavy atom. The Hall–Kier alpha value is -2.30. The van der Waals surface area contributed by atoms with Gasteiger partial charge in [-0.15, -0.1) is 0 Å². The van der Waals surface area contributed by atoms with Crippen LogP contribution in [0.1, 0.15) is 5.56 Å². The van der Waals surface area contributed by atoms with Crippen molar-refractivity contribution in [1.82, 2.24) is 0 Å². The van der Waals surface area contributed by atoms with Gasteiger partial charge in [0.15, 0.2) is 6.61 Å². The maximum atomic E-state index is 11.4. The molecule has 0 heterocycles. The summed E-state index contributed by atoms with van der Waals surface area (Å²) in [5, 5.41) is 0. The number of hydrogen-bond donors (Lipinski definition) is 0. The zero-order valence-electron chi connectivity index (χ0n) is 10.2. The molecule has 0 aliphatic rings. The number of carbonyl (C=O) groups is 2. The summed E-state index contributed by atoms with van der Waals surface area (Å²) in [7, 11) is 2.48. The average Bonchev–Trinajstić information content (AvgIpc) is 2.43. The Morgan fingerprint density at radius 3 is 2.33 bits per heavy atom. The molecule has 5 nitrogen and oxygen atoms in total. The van der Waals surface area contributed by atoms with E-state index in [0.717, 1.165) is 5.56 Å². The van der Waals surface area contributed by atoms with Gasteiger partial charge in [-0.1, -0.05) is 30.3 Å². The van der Waals surface area contributed by atoms with Crippen molar-refractivity contribution in [2.45, 2.75) is 0 Å². The molecule has 0 N–H and O–H groups in total. The Labute approximate surface area is 105 Å². The van der Waals surface area contributed by atoms with Crippen LogP contribution in [-0.4, -0.2) is 32.8 Å². The van der Waals surface area contributed by atoms with Gasteiger partial charge in [0.1, 0.15) is 0 Å². The van der Waals surface area contributed by atoms with Crippen molar-refractivity contribution in [2.24, 2.45) is 0 Å². The summed E-state index contributed by atoms with van der Waals surface area (Å²) in [6, 6.07) is 9.08. The van der Waals surface area contributed by atoms with Gasteiger partial charge in [0.2, 0.25) is 5.76 Å². The smallest absolute Gasteiger partial charge is 0.373 e. The van der Waals surface area contributed by atoms with Gasteiger partial charge < -0.3 is 14.2 Å². The molecule has 96 valence electrons. The summed E-state index contributed by atoms with van der Waals surface area (Å²) in [5.41, 5.74) is 0.766. The van der Waals surface area contributed by atoms with Crippen molar-refractivity contribution in [2.75, 3.05) is 20.8 Å². The van der Waals surface area contributed by atoms with E-state index in [4.69, 9.17) is 4.74 Å². The van der Waals surface area contributed by atoms with Gasteiger partial charge in [-0.05, 0) is 11.6 Å². The lowest BCUT2D eigenvalue weighted by Gasteiger charge is -2.07. The molecule has 0 atom stereocenters. The van der Waals surface area contributed by atoms with E-state index < -0.39 is 11.9 Å². The molecular weight excluding hydrogens is 236 g/mol. The summed E-state index contributed by atoms with van der Waals surface area (Å²) in [6.07, 6.45) is 1.49. The SMILES string of the molecule is COC(=O)CO/C(=C\c1ccccc1)C(=O)OC. The maximum Gasteiger partial charge on any atom is 0.373 e. The molecule has 0 saturated heterocycles. The minimum absolute atomic E-state index is 0.0471. The van der Waals surface area contributed by atoms with E-state index in [1.165, 1.54) is 20.3 Å². The molecule has 0 bridgehead atoms. The molecule has 0 saturated carbocycles. The fourth-order valence-electron chi connectivity index (χ4n) is 1.16. The van der Waals surface area contributed by atoms with Crippen LogP contribution in [0.25, 0.3) is 6.08 Å². The van der Waals surface area contributed by atoms with Crippen LogP contribution in [0.15, 0.2) is 36.1 Å². The second kappa shape index (κ2) is 7.11. The molecule has 0 amide bonds. The largest absolute Gasteiger partial charge is 0.475 e. The third kappa shape index (κ3) is 4.29. The monoisotopic (exact) mass is 250 g/mol. The zero-order chi connectivity index (χ0) is 13.4. The Balaban J connectivity index is 2.82. The first-order valence-electron chi connectivity index (χ1n) is 5.22. The maximum absolute atomic E-state index is 11.4. The van der Waals surface area contributed by atoms with Crippen LogP contribution in [0.4, 0.5) is 0 Å². The van der Waals surface area contributed by atoms with E-state index in [0.29, 0.717) is 0 Å². The van der Waals surface area contributed by atoms with Crippen LogP contribution in [0.2, 0.25) is 0 Å². The molecule has 0 radical (unpaired) electrons. The van der Waals surface area contributed by atoms with Crippen molar-refractivity contribution in [3.8, 4) is 0 Å². The minimum atomic E-state index is -0.650. The zero-order valence-corrected chi connectivity index (χ0v) is 10.2. The first-order chi connectivity index (χ1) is 8.67. The van der Waals surface area contributed by atoms with Crippen molar-refractivity contribution in [1.29, 1.82) is 0 Å². The summed E-state index contributed by atoms with van der Waals surface area (Å²) in [6.45, 7) is -0.343. The van der Waals surface area contributed by atoms with Crippen molar-refractivity contribution in [3.63, 3.8) is 0 Å². The molecule has 0 spiro atoms. The third-order valence-electron chi connectivity index (χ3n) is 2.06. The van der Waals surface area contributed by atoms with E-state index in [-0.39, 0.29) is 12.4 Å². The molecule has 0 aliphatic carbocycles. The summed E-state index contributed by atoms with van der Waals surface area (Å²) < 4.78 is 14.1. The molecule has 0 fully saturated rings. The van der Waals surface area contributed by atoms with E-state index in [9.17, 15) is 9.59 Å². The van der Waals surface area contributed by atoms with Crippen LogP contribution in [-0.2, 0) is 23.8 Å². The standard InChI is InChI=1S/C13H14O5/c1-16-12(14)9-18-11(13(15)17-2)8-10-6-4-3-5-7-10/h3-8H,9H2,1-2H3/b11-8-. The van der Waals surface area contributed by atoms with Gasteiger partial charge in [0, 0.05) is 0 Å². The number of benzene rings is 1. The molecule has 0 unspecified atom stereocenters. The molecule has 0 aromatic heterocycles. The fraction of sp³-hybridized carbons (Fsp3) is 0.231. The summed E-state index contributed by atoms with van der Waals surface area (Å²) in [5.74, 6) is -1.27. The number of hydrogen-bond acceptors (Lipinski definition) is 5. The molecule has 1 aromatic rings. The second-order valence-corrected chi connectivity index (χ2v) is 3.28. The lowest BCUT2D eigenvalue weighted by molar-refractivity contribution is -0.147. The van der Waals surface area contributed by atoms with Gasteiger partial charge in [0.05, 0.1) is 14.2 Å². The third-order valence-corrected chi connectivity index (χ3v) is 2.06. The molecule has 5 heteroatoms. The van der Waals surface area contributed by atoms with E-state index in [2.05, 4.69) is 9.47 Å². The Bertz CT molecular complexity index is 436. The lowest BCUT2D eigenvalue weighted by atomic mass is 10.2. The highest BCUT2D eigenvalue weighted by Gasteiger charge is 2.13. The summed E-state index contributed by atoms with van der Waals surface area (Å²) >= 11 is 0. The highest BCUT2D eigenvalue weighted by atomic mass is 16.6. The van der Waals surface area contributed by atoms with Gasteiger partial charge in [-0.3, -0.25) is 0 Å². The van der Waals surface area contributed by atoms with Crippen molar-refractivity contribution < 1.29 is 23.8 Å². The Morgan fingerprint density at radius 1 is 1.11 bits per heavy atom. The lowest BCUT2D eigenvalue weighted by Crippen LogP contribution is -2.15. The van der Waals surface area contributed by atoms with E-state index in [1.54, 1.807) is 12.1 Å². The average molecular weight is 250 g/mol. The van der Waals surface area contributed by atoms with Gasteiger partial charge in [-0.25, -0.2) is 9.59 Å². The quantitative estimate of drug-likeness (QED) is 0.449. The number of carbonyl (C=O) groups excluding carboxylic acids is 2. The molecule has 0 aliphatic heterocycles. The highest BCUT2D eigenvalue weighted by Crippen LogP contribution is 2.09. The van der Waals surface area contributed by atoms with Crippen LogP contribution in [0.3, 0.4) is 0 Å². The van der Waals surface area contributed by atoms with E-state index in [1.807, 2.05) is 18.2 Å². The van der Waals surface area contributed by atoms with Crippen molar-refractivity contribution in [3.05, 3.63) is 41.7 Å². The number of methoxy groups -OCH3 is 2. The highest BCUT2D eigenvalue weighted by molar-refractivity contribution is 5.91. The first kappa shape index (κ1) is 13.8. The second-order valence-electron chi connectivity index (χ2n) is 3.28. The van der Waals surface area contributed by atoms with Crippen LogP contribution >= 0.6 is 0 Å². The van der Waals surface area contributed by atoms with Gasteiger partial charge in [-0.2, -0.15) is 0 Å². The predicted octanol–water partition coefficient (Wildman–Crippen LogP) is 1.39. The predicted molar refractivity (Wildman–Crippen MR) is 64.4 cm³/mol. The number of rotatable bonds is 5. The Kier molecular flexibility index (Phi) is 5.44. The van der Waals surface area contributed by atoms with Crippen LogP contribution in [0.5, 0.6) is 0 Å². The van der Waals surface area contributed by atoms with Crippen LogP contribution < -0.4 is 0 Å². The van der Waals surface area contributed by atoms with Gasteiger partial charge in [0.25, 0.3) is 0 Å². The minimum Gasteiger partial charge on any atom is -0.475 e. The van der Waals surface area contributed by atoms with Crippen LogP contribution in [0, 0.1) is 0 Å². The molecule has 1 rings (SSSR count). The van der Waals surface area contributed by atoms with Crippen molar-refractivity contribution >= 4 is 18.0 Å². The summed E-state index contributed by atoms with van der Waals surface area (Å²) in [4.78, 5) is 22.4. The van der Waals surface area contributed by atoms with E-state index >= 15 is 0 Å². The van der Waals surface area contributed by atoms with Gasteiger partial charge >= 0.3 is 11.9 Å². The fourth-order valence-corrected chi connectivity index (χ4v) is 1.16.